The van der Waals surface area contributed by atoms with Gasteiger partial charge in [0.1, 0.15) is 17.3 Å². The molecule has 0 aromatic carbocycles. The molecule has 4 aromatic rings. The molecular weight excluding hydrogens is 323 g/mol. The molecule has 0 aliphatic heterocycles. The van der Waals surface area contributed by atoms with Gasteiger partial charge in [0.05, 0.1) is 24.1 Å². The molecule has 0 aliphatic rings. The van der Waals surface area contributed by atoms with Crippen LogP contribution in [-0.4, -0.2) is 30.3 Å². The summed E-state index contributed by atoms with van der Waals surface area (Å²) in [6, 6.07) is 8.11. The van der Waals surface area contributed by atoms with Crippen molar-refractivity contribution in [2.75, 3.05) is 5.32 Å². The standard InChI is InChI=1S/C17H13FN6O/c1-23-10-12(8-21-23)11-6-14-4-5-20-24(14)15(7-11)17(25)22-16-3-2-13(18)9-19-16/h2-10H,1H3,(H,19,22,25). The number of amides is 1. The molecule has 25 heavy (non-hydrogen) atoms. The Morgan fingerprint density at radius 3 is 2.72 bits per heavy atom. The van der Waals surface area contributed by atoms with E-state index in [1.165, 1.54) is 12.1 Å². The van der Waals surface area contributed by atoms with Crippen LogP contribution in [0.5, 0.6) is 0 Å². The Hall–Kier alpha value is -3.55. The number of carbonyl (C=O) groups excluding carboxylic acids is 1. The highest BCUT2D eigenvalue weighted by molar-refractivity contribution is 6.03. The molecule has 0 unspecified atom stereocenters. The van der Waals surface area contributed by atoms with Crippen molar-refractivity contribution in [1.29, 1.82) is 0 Å². The number of aryl methyl sites for hydroxylation is 1. The molecule has 0 saturated carbocycles. The quantitative estimate of drug-likeness (QED) is 0.624. The normalized spacial score (nSPS) is 11.0. The molecule has 0 bridgehead atoms. The van der Waals surface area contributed by atoms with Crippen molar-refractivity contribution in [3.63, 3.8) is 0 Å². The fourth-order valence-corrected chi connectivity index (χ4v) is 2.56. The number of carbonyl (C=O) groups is 1. The molecule has 1 amide bonds. The van der Waals surface area contributed by atoms with Gasteiger partial charge in [0.25, 0.3) is 5.91 Å². The van der Waals surface area contributed by atoms with E-state index in [0.717, 1.165) is 22.8 Å². The first-order valence-electron chi connectivity index (χ1n) is 7.50. The fourth-order valence-electron chi connectivity index (χ4n) is 2.56. The Balaban J connectivity index is 1.75. The van der Waals surface area contributed by atoms with Gasteiger partial charge in [-0.15, -0.1) is 0 Å². The number of halogens is 1. The lowest BCUT2D eigenvalue weighted by atomic mass is 10.1. The van der Waals surface area contributed by atoms with Gasteiger partial charge in [-0.2, -0.15) is 10.2 Å². The fraction of sp³-hybridized carbons (Fsp3) is 0.0588. The van der Waals surface area contributed by atoms with Crippen molar-refractivity contribution in [2.24, 2.45) is 7.05 Å². The summed E-state index contributed by atoms with van der Waals surface area (Å²) < 4.78 is 16.2. The van der Waals surface area contributed by atoms with Crippen LogP contribution < -0.4 is 5.32 Å². The number of pyridine rings is 2. The monoisotopic (exact) mass is 336 g/mol. The van der Waals surface area contributed by atoms with Gasteiger partial charge in [0.2, 0.25) is 0 Å². The highest BCUT2D eigenvalue weighted by atomic mass is 19.1. The number of hydrogen-bond acceptors (Lipinski definition) is 4. The zero-order valence-corrected chi connectivity index (χ0v) is 13.2. The Labute approximate surface area is 141 Å². The van der Waals surface area contributed by atoms with Crippen LogP contribution in [0.1, 0.15) is 10.5 Å². The third-order valence-electron chi connectivity index (χ3n) is 3.74. The number of nitrogens with zero attached hydrogens (tertiary/aromatic N) is 5. The summed E-state index contributed by atoms with van der Waals surface area (Å²) in [5, 5.41) is 11.0. The molecule has 0 saturated heterocycles. The molecule has 7 nitrogen and oxygen atoms in total. The third kappa shape index (κ3) is 2.85. The second kappa shape index (κ2) is 5.82. The van der Waals surface area contributed by atoms with Crippen LogP contribution in [0.25, 0.3) is 16.6 Å². The van der Waals surface area contributed by atoms with Crippen LogP contribution in [0.4, 0.5) is 10.2 Å². The van der Waals surface area contributed by atoms with E-state index in [0.29, 0.717) is 5.69 Å². The minimum Gasteiger partial charge on any atom is -0.305 e. The Morgan fingerprint density at radius 1 is 1.12 bits per heavy atom. The van der Waals surface area contributed by atoms with Crippen LogP contribution in [0.15, 0.2) is 55.1 Å². The van der Waals surface area contributed by atoms with Crippen molar-refractivity contribution in [2.45, 2.75) is 0 Å². The van der Waals surface area contributed by atoms with Crippen LogP contribution in [0.2, 0.25) is 0 Å². The van der Waals surface area contributed by atoms with Crippen LogP contribution in [-0.2, 0) is 7.05 Å². The van der Waals surface area contributed by atoms with Crippen LogP contribution in [0.3, 0.4) is 0 Å². The van der Waals surface area contributed by atoms with E-state index >= 15 is 0 Å². The SMILES string of the molecule is Cn1cc(-c2cc(C(=O)Nc3ccc(F)cn3)n3nccc3c2)cn1. The van der Waals surface area contributed by atoms with Gasteiger partial charge in [0, 0.05) is 18.8 Å². The van der Waals surface area contributed by atoms with E-state index in [-0.39, 0.29) is 5.82 Å². The molecule has 8 heteroatoms. The molecule has 4 rings (SSSR count). The van der Waals surface area contributed by atoms with Gasteiger partial charge >= 0.3 is 0 Å². The number of nitrogens with one attached hydrogen (secondary N) is 1. The maximum Gasteiger partial charge on any atom is 0.275 e. The van der Waals surface area contributed by atoms with Crippen LogP contribution >= 0.6 is 0 Å². The average molecular weight is 336 g/mol. The molecule has 4 heterocycles. The number of fused-ring (bicyclic) bond motifs is 1. The molecule has 0 radical (unpaired) electrons. The summed E-state index contributed by atoms with van der Waals surface area (Å²) in [5.41, 5.74) is 2.85. The second-order valence-electron chi connectivity index (χ2n) is 5.52. The predicted molar refractivity (Wildman–Crippen MR) is 89.5 cm³/mol. The summed E-state index contributed by atoms with van der Waals surface area (Å²) in [4.78, 5) is 16.5. The van der Waals surface area contributed by atoms with E-state index in [2.05, 4.69) is 20.5 Å². The lowest BCUT2D eigenvalue weighted by Gasteiger charge is -2.08. The van der Waals surface area contributed by atoms with Crippen molar-refractivity contribution >= 4 is 17.2 Å². The zero-order valence-electron chi connectivity index (χ0n) is 13.2. The molecule has 0 atom stereocenters. The summed E-state index contributed by atoms with van der Waals surface area (Å²) in [6.07, 6.45) is 6.26. The van der Waals surface area contributed by atoms with E-state index in [1.807, 2.05) is 25.4 Å². The largest absolute Gasteiger partial charge is 0.305 e. The van der Waals surface area contributed by atoms with E-state index in [1.54, 1.807) is 27.7 Å². The number of anilines is 1. The number of hydrogen-bond donors (Lipinski definition) is 1. The molecule has 0 spiro atoms. The van der Waals surface area contributed by atoms with Gasteiger partial charge in [-0.25, -0.2) is 13.9 Å². The third-order valence-corrected chi connectivity index (χ3v) is 3.74. The lowest BCUT2D eigenvalue weighted by molar-refractivity contribution is 0.101. The van der Waals surface area contributed by atoms with Crippen molar-refractivity contribution in [3.05, 3.63) is 66.6 Å². The second-order valence-corrected chi connectivity index (χ2v) is 5.52. The topological polar surface area (TPSA) is 77.1 Å². The molecule has 124 valence electrons. The van der Waals surface area contributed by atoms with Crippen molar-refractivity contribution in [3.8, 4) is 11.1 Å². The minimum absolute atomic E-state index is 0.262. The van der Waals surface area contributed by atoms with Gasteiger partial charge < -0.3 is 5.32 Å². The number of aromatic nitrogens is 5. The molecule has 0 aliphatic carbocycles. The summed E-state index contributed by atoms with van der Waals surface area (Å²) in [5.74, 6) is -0.594. The van der Waals surface area contributed by atoms with Gasteiger partial charge in [-0.05, 0) is 35.9 Å². The maximum atomic E-state index is 13.0. The highest BCUT2D eigenvalue weighted by Gasteiger charge is 2.15. The molecule has 0 fully saturated rings. The van der Waals surface area contributed by atoms with E-state index in [4.69, 9.17) is 0 Å². The summed E-state index contributed by atoms with van der Waals surface area (Å²) in [7, 11) is 1.83. The average Bonchev–Trinajstić information content (AvgIpc) is 3.24. The summed E-state index contributed by atoms with van der Waals surface area (Å²) >= 11 is 0. The first-order chi connectivity index (χ1) is 12.1. The van der Waals surface area contributed by atoms with Gasteiger partial charge in [-0.1, -0.05) is 0 Å². The zero-order chi connectivity index (χ0) is 17.4. The van der Waals surface area contributed by atoms with E-state index in [9.17, 15) is 9.18 Å². The van der Waals surface area contributed by atoms with Gasteiger partial charge in [0.15, 0.2) is 0 Å². The van der Waals surface area contributed by atoms with Crippen molar-refractivity contribution in [1.82, 2.24) is 24.4 Å². The van der Waals surface area contributed by atoms with Crippen molar-refractivity contribution < 1.29 is 9.18 Å². The van der Waals surface area contributed by atoms with E-state index < -0.39 is 11.7 Å². The predicted octanol–water partition coefficient (Wildman–Crippen LogP) is 2.52. The molecule has 1 N–H and O–H groups in total. The Bertz CT molecular complexity index is 1070. The Morgan fingerprint density at radius 2 is 2.00 bits per heavy atom. The molecular formula is C17H13FN6O. The van der Waals surface area contributed by atoms with Gasteiger partial charge in [-0.3, -0.25) is 9.48 Å². The minimum atomic E-state index is -0.467. The number of rotatable bonds is 3. The lowest BCUT2D eigenvalue weighted by Crippen LogP contribution is -2.17. The highest BCUT2D eigenvalue weighted by Crippen LogP contribution is 2.23. The first kappa shape index (κ1) is 15.0. The Kier molecular flexibility index (Phi) is 3.50. The molecule has 4 aromatic heterocycles. The summed E-state index contributed by atoms with van der Waals surface area (Å²) in [6.45, 7) is 0. The first-order valence-corrected chi connectivity index (χ1v) is 7.50. The smallest absolute Gasteiger partial charge is 0.275 e. The maximum absolute atomic E-state index is 13.0. The van der Waals surface area contributed by atoms with Crippen LogP contribution in [0, 0.1) is 5.82 Å².